The van der Waals surface area contributed by atoms with Gasteiger partial charge in [-0.15, -0.1) is 10.2 Å². The normalized spacial score (nSPS) is 12.7. The van der Waals surface area contributed by atoms with Crippen molar-refractivity contribution in [2.75, 3.05) is 22.5 Å². The Labute approximate surface area is 171 Å². The highest BCUT2D eigenvalue weighted by Gasteiger charge is 2.24. The second kappa shape index (κ2) is 8.12. The fraction of sp³-hybridized carbons (Fsp3) is 0.200. The first-order valence-corrected chi connectivity index (χ1v) is 10.6. The highest BCUT2D eigenvalue weighted by atomic mass is 32.2. The summed E-state index contributed by atoms with van der Waals surface area (Å²) in [5, 5.41) is 11.3. The van der Waals surface area contributed by atoms with E-state index in [9.17, 15) is 9.59 Å². The molecule has 1 aliphatic rings. The molecule has 1 aliphatic heterocycles. The van der Waals surface area contributed by atoms with Crippen molar-refractivity contribution < 1.29 is 9.59 Å². The Morgan fingerprint density at radius 3 is 2.79 bits per heavy atom. The molecule has 4 rings (SSSR count). The third-order valence-electron chi connectivity index (χ3n) is 4.52. The average molecular weight is 411 g/mol. The fourth-order valence-corrected chi connectivity index (χ4v) is 4.73. The van der Waals surface area contributed by atoms with E-state index in [1.807, 2.05) is 48.2 Å². The zero-order valence-corrected chi connectivity index (χ0v) is 16.8. The summed E-state index contributed by atoms with van der Waals surface area (Å²) < 4.78 is 0.654. The van der Waals surface area contributed by atoms with Gasteiger partial charge in [-0.25, -0.2) is 0 Å². The van der Waals surface area contributed by atoms with Gasteiger partial charge in [0.15, 0.2) is 4.34 Å². The number of hydrogen-bond acceptors (Lipinski definition) is 6. The van der Waals surface area contributed by atoms with Gasteiger partial charge in [0.05, 0.1) is 5.75 Å². The molecule has 1 aromatic heterocycles. The van der Waals surface area contributed by atoms with Crippen molar-refractivity contribution in [3.05, 3.63) is 65.2 Å². The molecule has 3 aromatic rings. The molecule has 0 spiro atoms. The SMILES string of the molecule is Cc1ccccc1C(=O)Nc1nnc(SCC(=O)N2CCc3ccccc32)s1. The number of nitrogens with zero attached hydrogens (tertiary/aromatic N) is 3. The monoisotopic (exact) mass is 410 g/mol. The van der Waals surface area contributed by atoms with Gasteiger partial charge in [-0.3, -0.25) is 14.9 Å². The molecule has 0 saturated heterocycles. The topological polar surface area (TPSA) is 75.2 Å². The minimum Gasteiger partial charge on any atom is -0.311 e. The minimum absolute atomic E-state index is 0.0515. The van der Waals surface area contributed by atoms with Crippen LogP contribution in [0.3, 0.4) is 0 Å². The maximum absolute atomic E-state index is 12.6. The third kappa shape index (κ3) is 3.93. The number of thioether (sulfide) groups is 1. The second-order valence-corrected chi connectivity index (χ2v) is 8.55. The molecule has 0 bridgehead atoms. The van der Waals surface area contributed by atoms with Crippen LogP contribution in [0.2, 0.25) is 0 Å². The zero-order chi connectivity index (χ0) is 19.5. The molecule has 2 heterocycles. The van der Waals surface area contributed by atoms with Crippen LogP contribution in [0.4, 0.5) is 10.8 Å². The third-order valence-corrected chi connectivity index (χ3v) is 6.48. The molecule has 2 amide bonds. The number of para-hydroxylation sites is 1. The van der Waals surface area contributed by atoms with Crippen LogP contribution in [0.25, 0.3) is 0 Å². The van der Waals surface area contributed by atoms with Crippen molar-refractivity contribution >= 4 is 45.7 Å². The quantitative estimate of drug-likeness (QED) is 0.512. The molecule has 2 aromatic carbocycles. The highest BCUT2D eigenvalue weighted by molar-refractivity contribution is 8.01. The number of hydrogen-bond donors (Lipinski definition) is 1. The van der Waals surface area contributed by atoms with E-state index in [0.717, 1.165) is 17.7 Å². The van der Waals surface area contributed by atoms with Crippen LogP contribution >= 0.6 is 23.1 Å². The summed E-state index contributed by atoms with van der Waals surface area (Å²) in [5.41, 5.74) is 3.71. The molecule has 28 heavy (non-hydrogen) atoms. The van der Waals surface area contributed by atoms with E-state index in [1.54, 1.807) is 6.07 Å². The van der Waals surface area contributed by atoms with E-state index in [-0.39, 0.29) is 17.6 Å². The molecule has 6 nitrogen and oxygen atoms in total. The lowest BCUT2D eigenvalue weighted by Gasteiger charge is -2.16. The van der Waals surface area contributed by atoms with Gasteiger partial charge < -0.3 is 4.90 Å². The summed E-state index contributed by atoms with van der Waals surface area (Å²) in [6.07, 6.45) is 0.889. The Hall–Kier alpha value is -2.71. The standard InChI is InChI=1S/C20H18N4O2S2/c1-13-6-2-4-8-15(13)18(26)21-19-22-23-20(28-19)27-12-17(25)24-11-10-14-7-3-5-9-16(14)24/h2-9H,10-12H2,1H3,(H,21,22,26). The number of rotatable bonds is 5. The molecule has 0 radical (unpaired) electrons. The lowest BCUT2D eigenvalue weighted by molar-refractivity contribution is -0.116. The van der Waals surface area contributed by atoms with E-state index >= 15 is 0 Å². The smallest absolute Gasteiger partial charge is 0.257 e. The summed E-state index contributed by atoms with van der Waals surface area (Å²) >= 11 is 2.61. The molecule has 0 atom stereocenters. The molecular weight excluding hydrogens is 392 g/mol. The van der Waals surface area contributed by atoms with Crippen molar-refractivity contribution in [1.29, 1.82) is 0 Å². The summed E-state index contributed by atoms with van der Waals surface area (Å²) in [5.74, 6) is 0.125. The van der Waals surface area contributed by atoms with E-state index in [0.29, 0.717) is 21.6 Å². The summed E-state index contributed by atoms with van der Waals surface area (Å²) in [6, 6.07) is 15.4. The lowest BCUT2D eigenvalue weighted by atomic mass is 10.1. The lowest BCUT2D eigenvalue weighted by Crippen LogP contribution is -2.30. The van der Waals surface area contributed by atoms with Crippen LogP contribution in [-0.4, -0.2) is 34.3 Å². The number of anilines is 2. The van der Waals surface area contributed by atoms with E-state index in [2.05, 4.69) is 21.6 Å². The number of aromatic nitrogens is 2. The van der Waals surface area contributed by atoms with Crippen LogP contribution in [0.15, 0.2) is 52.9 Å². The summed E-state index contributed by atoms with van der Waals surface area (Å²) in [6.45, 7) is 2.60. The Morgan fingerprint density at radius 1 is 1.14 bits per heavy atom. The van der Waals surface area contributed by atoms with Gasteiger partial charge in [-0.05, 0) is 36.6 Å². The van der Waals surface area contributed by atoms with Crippen LogP contribution < -0.4 is 10.2 Å². The van der Waals surface area contributed by atoms with Crippen molar-refractivity contribution in [2.24, 2.45) is 0 Å². The van der Waals surface area contributed by atoms with Crippen LogP contribution in [-0.2, 0) is 11.2 Å². The molecule has 0 unspecified atom stereocenters. The van der Waals surface area contributed by atoms with Gasteiger partial charge in [-0.2, -0.15) is 0 Å². The first kappa shape index (κ1) is 18.6. The number of aryl methyl sites for hydroxylation is 1. The largest absolute Gasteiger partial charge is 0.311 e. The number of carbonyl (C=O) groups is 2. The summed E-state index contributed by atoms with van der Waals surface area (Å²) in [7, 11) is 0. The Kier molecular flexibility index (Phi) is 5.40. The number of benzene rings is 2. The van der Waals surface area contributed by atoms with E-state index in [4.69, 9.17) is 0 Å². The van der Waals surface area contributed by atoms with E-state index in [1.165, 1.54) is 28.7 Å². The molecule has 1 N–H and O–H groups in total. The second-order valence-electron chi connectivity index (χ2n) is 6.35. The van der Waals surface area contributed by atoms with Crippen molar-refractivity contribution in [2.45, 2.75) is 17.7 Å². The van der Waals surface area contributed by atoms with E-state index < -0.39 is 0 Å². The van der Waals surface area contributed by atoms with Gasteiger partial charge >= 0.3 is 0 Å². The van der Waals surface area contributed by atoms with Crippen molar-refractivity contribution in [1.82, 2.24) is 10.2 Å². The van der Waals surface area contributed by atoms with Gasteiger partial charge in [-0.1, -0.05) is 59.5 Å². The fourth-order valence-electron chi connectivity index (χ4n) is 3.11. The minimum atomic E-state index is -0.212. The van der Waals surface area contributed by atoms with Crippen LogP contribution in [0, 0.1) is 6.92 Å². The van der Waals surface area contributed by atoms with Gasteiger partial charge in [0.1, 0.15) is 0 Å². The molecule has 0 saturated carbocycles. The zero-order valence-electron chi connectivity index (χ0n) is 15.2. The first-order valence-electron chi connectivity index (χ1n) is 8.83. The van der Waals surface area contributed by atoms with Crippen molar-refractivity contribution in [3.63, 3.8) is 0 Å². The predicted molar refractivity (Wildman–Crippen MR) is 112 cm³/mol. The molecule has 142 valence electrons. The molecule has 0 fully saturated rings. The molecule has 8 heteroatoms. The van der Waals surface area contributed by atoms with Gasteiger partial charge in [0.25, 0.3) is 5.91 Å². The number of carbonyl (C=O) groups excluding carboxylic acids is 2. The average Bonchev–Trinajstić information content (AvgIpc) is 3.33. The number of nitrogens with one attached hydrogen (secondary N) is 1. The van der Waals surface area contributed by atoms with Crippen LogP contribution in [0.1, 0.15) is 21.5 Å². The molecular formula is C20H18N4O2S2. The molecule has 0 aliphatic carbocycles. The highest BCUT2D eigenvalue weighted by Crippen LogP contribution is 2.30. The number of fused-ring (bicyclic) bond motifs is 1. The first-order chi connectivity index (χ1) is 13.6. The Balaban J connectivity index is 1.35. The maximum atomic E-state index is 12.6. The Morgan fingerprint density at radius 2 is 1.93 bits per heavy atom. The Bertz CT molecular complexity index is 1030. The van der Waals surface area contributed by atoms with Crippen LogP contribution in [0.5, 0.6) is 0 Å². The van der Waals surface area contributed by atoms with Gasteiger partial charge in [0, 0.05) is 17.8 Å². The summed E-state index contributed by atoms with van der Waals surface area (Å²) in [4.78, 5) is 26.8. The predicted octanol–water partition coefficient (Wildman–Crippen LogP) is 3.78. The number of amides is 2. The maximum Gasteiger partial charge on any atom is 0.257 e. The van der Waals surface area contributed by atoms with Crippen molar-refractivity contribution in [3.8, 4) is 0 Å². The van der Waals surface area contributed by atoms with Gasteiger partial charge in [0.2, 0.25) is 11.0 Å².